The molecule has 1 aromatic carbocycles. The summed E-state index contributed by atoms with van der Waals surface area (Å²) in [6.45, 7) is 10.5. The number of carbonyl (C=O) groups is 1. The van der Waals surface area contributed by atoms with Gasteiger partial charge in [0, 0.05) is 18.7 Å². The number of hydrogen-bond acceptors (Lipinski definition) is 2. The van der Waals surface area contributed by atoms with Crippen molar-refractivity contribution in [3.8, 4) is 0 Å². The molecule has 0 fully saturated rings. The van der Waals surface area contributed by atoms with E-state index >= 15 is 0 Å². The molecule has 0 saturated carbocycles. The molecule has 1 aromatic rings. The lowest BCUT2D eigenvalue weighted by Gasteiger charge is -2.17. The third-order valence-corrected chi connectivity index (χ3v) is 3.12. The number of carbonyl (C=O) groups excluding carboxylic acids is 1. The molecule has 0 aliphatic heterocycles. The van der Waals surface area contributed by atoms with Crippen LogP contribution in [0.2, 0.25) is 0 Å². The number of rotatable bonds is 7. The first-order valence-corrected chi connectivity index (χ1v) is 7.50. The zero-order chi connectivity index (χ0) is 15.0. The van der Waals surface area contributed by atoms with Crippen molar-refractivity contribution in [1.29, 1.82) is 0 Å². The molecule has 1 rings (SSSR count). The summed E-state index contributed by atoms with van der Waals surface area (Å²) >= 11 is 0. The number of nitrogens with one attached hydrogen (secondary N) is 2. The third-order valence-electron chi connectivity index (χ3n) is 3.12. The monoisotopic (exact) mass is 276 g/mol. The highest BCUT2D eigenvalue weighted by molar-refractivity contribution is 5.90. The van der Waals surface area contributed by atoms with E-state index in [-0.39, 0.29) is 5.91 Å². The van der Waals surface area contributed by atoms with Crippen molar-refractivity contribution >= 4 is 11.6 Å². The summed E-state index contributed by atoms with van der Waals surface area (Å²) in [7, 11) is 0. The molecule has 0 spiro atoms. The summed E-state index contributed by atoms with van der Waals surface area (Å²) in [5.74, 6) is 0.106. The maximum Gasteiger partial charge on any atom is 0.224 e. The highest BCUT2D eigenvalue weighted by Gasteiger charge is 2.11. The molecule has 0 radical (unpaired) electrons. The van der Waals surface area contributed by atoms with Crippen LogP contribution in [0.1, 0.15) is 52.5 Å². The molecule has 112 valence electrons. The van der Waals surface area contributed by atoms with Crippen LogP contribution in [0.3, 0.4) is 0 Å². The van der Waals surface area contributed by atoms with Crippen LogP contribution < -0.4 is 10.6 Å². The SMILES string of the molecule is CCNCc1cccc(NC(=O)CCCC(C)(C)C)c1. The van der Waals surface area contributed by atoms with Crippen LogP contribution in [0.5, 0.6) is 0 Å². The van der Waals surface area contributed by atoms with Crippen LogP contribution >= 0.6 is 0 Å². The first-order valence-electron chi connectivity index (χ1n) is 7.50. The lowest BCUT2D eigenvalue weighted by atomic mass is 9.90. The molecule has 3 nitrogen and oxygen atoms in total. The van der Waals surface area contributed by atoms with Crippen LogP contribution in [-0.2, 0) is 11.3 Å². The Morgan fingerprint density at radius 1 is 1.25 bits per heavy atom. The molecule has 20 heavy (non-hydrogen) atoms. The van der Waals surface area contributed by atoms with Crippen molar-refractivity contribution < 1.29 is 4.79 Å². The van der Waals surface area contributed by atoms with E-state index in [0.29, 0.717) is 11.8 Å². The van der Waals surface area contributed by atoms with Gasteiger partial charge in [0.2, 0.25) is 5.91 Å². The average Bonchev–Trinajstić information content (AvgIpc) is 2.35. The van der Waals surface area contributed by atoms with Gasteiger partial charge in [0.15, 0.2) is 0 Å². The van der Waals surface area contributed by atoms with E-state index in [1.54, 1.807) is 0 Å². The highest BCUT2D eigenvalue weighted by atomic mass is 16.1. The Balaban J connectivity index is 2.41. The average molecular weight is 276 g/mol. The number of benzene rings is 1. The first-order chi connectivity index (χ1) is 9.40. The predicted octanol–water partition coefficient (Wildman–Crippen LogP) is 3.95. The zero-order valence-corrected chi connectivity index (χ0v) is 13.3. The van der Waals surface area contributed by atoms with Crippen molar-refractivity contribution in [1.82, 2.24) is 5.32 Å². The first kappa shape index (κ1) is 16.7. The second-order valence-electron chi connectivity index (χ2n) is 6.44. The van der Waals surface area contributed by atoms with E-state index in [1.807, 2.05) is 18.2 Å². The molecule has 2 N–H and O–H groups in total. The van der Waals surface area contributed by atoms with Gasteiger partial charge in [-0.05, 0) is 42.5 Å². The Morgan fingerprint density at radius 3 is 2.65 bits per heavy atom. The van der Waals surface area contributed by atoms with Crippen LogP contribution in [-0.4, -0.2) is 12.5 Å². The van der Waals surface area contributed by atoms with E-state index < -0.39 is 0 Å². The van der Waals surface area contributed by atoms with Crippen molar-refractivity contribution in [3.63, 3.8) is 0 Å². The fraction of sp³-hybridized carbons (Fsp3) is 0.588. The summed E-state index contributed by atoms with van der Waals surface area (Å²) in [6, 6.07) is 8.02. The molecule has 0 heterocycles. The number of amides is 1. The molecule has 0 aromatic heterocycles. The van der Waals surface area contributed by atoms with E-state index in [1.165, 1.54) is 5.56 Å². The predicted molar refractivity (Wildman–Crippen MR) is 85.8 cm³/mol. The Morgan fingerprint density at radius 2 is 2.00 bits per heavy atom. The van der Waals surface area contributed by atoms with Gasteiger partial charge in [-0.25, -0.2) is 0 Å². The molecule has 0 saturated heterocycles. The van der Waals surface area contributed by atoms with Gasteiger partial charge in [0.25, 0.3) is 0 Å². The quantitative estimate of drug-likeness (QED) is 0.791. The zero-order valence-electron chi connectivity index (χ0n) is 13.3. The molecule has 1 amide bonds. The van der Waals surface area contributed by atoms with Crippen molar-refractivity contribution in [3.05, 3.63) is 29.8 Å². The van der Waals surface area contributed by atoms with Crippen LogP contribution in [0.4, 0.5) is 5.69 Å². The number of anilines is 1. The van der Waals surface area contributed by atoms with Gasteiger partial charge in [-0.15, -0.1) is 0 Å². The Labute approximate surface area is 123 Å². The van der Waals surface area contributed by atoms with Gasteiger partial charge in [-0.1, -0.05) is 39.8 Å². The summed E-state index contributed by atoms with van der Waals surface area (Å²) < 4.78 is 0. The molecule has 0 aliphatic rings. The van der Waals surface area contributed by atoms with Crippen LogP contribution in [0.25, 0.3) is 0 Å². The van der Waals surface area contributed by atoms with Crippen molar-refractivity contribution in [2.24, 2.45) is 5.41 Å². The molecule has 0 bridgehead atoms. The maximum absolute atomic E-state index is 11.9. The molecule has 0 unspecified atom stereocenters. The fourth-order valence-corrected chi connectivity index (χ4v) is 2.03. The Kier molecular flexibility index (Phi) is 6.73. The van der Waals surface area contributed by atoms with E-state index in [2.05, 4.69) is 44.4 Å². The second-order valence-corrected chi connectivity index (χ2v) is 6.44. The molecule has 0 atom stereocenters. The standard InChI is InChI=1S/C17H28N2O/c1-5-18-13-14-8-6-9-15(12-14)19-16(20)10-7-11-17(2,3)4/h6,8-9,12,18H,5,7,10-11,13H2,1-4H3,(H,19,20). The second kappa shape index (κ2) is 8.05. The minimum absolute atomic E-state index is 0.106. The number of hydrogen-bond donors (Lipinski definition) is 2. The van der Waals surface area contributed by atoms with Gasteiger partial charge in [-0.2, -0.15) is 0 Å². The highest BCUT2D eigenvalue weighted by Crippen LogP contribution is 2.21. The normalized spacial score (nSPS) is 11.4. The minimum Gasteiger partial charge on any atom is -0.326 e. The molecular weight excluding hydrogens is 248 g/mol. The van der Waals surface area contributed by atoms with E-state index in [9.17, 15) is 4.79 Å². The largest absolute Gasteiger partial charge is 0.326 e. The van der Waals surface area contributed by atoms with Gasteiger partial charge in [0.05, 0.1) is 0 Å². The molecular formula is C17H28N2O. The summed E-state index contributed by atoms with van der Waals surface area (Å²) in [4.78, 5) is 11.9. The Hall–Kier alpha value is -1.35. The lowest BCUT2D eigenvalue weighted by molar-refractivity contribution is -0.116. The van der Waals surface area contributed by atoms with Gasteiger partial charge >= 0.3 is 0 Å². The smallest absolute Gasteiger partial charge is 0.224 e. The van der Waals surface area contributed by atoms with Crippen molar-refractivity contribution in [2.45, 2.75) is 53.5 Å². The lowest BCUT2D eigenvalue weighted by Crippen LogP contribution is -2.14. The van der Waals surface area contributed by atoms with Gasteiger partial charge in [-0.3, -0.25) is 4.79 Å². The van der Waals surface area contributed by atoms with E-state index in [0.717, 1.165) is 31.6 Å². The van der Waals surface area contributed by atoms with Crippen LogP contribution in [0, 0.1) is 5.41 Å². The molecule has 3 heteroatoms. The van der Waals surface area contributed by atoms with Gasteiger partial charge in [0.1, 0.15) is 0 Å². The fourth-order valence-electron chi connectivity index (χ4n) is 2.03. The van der Waals surface area contributed by atoms with Gasteiger partial charge < -0.3 is 10.6 Å². The van der Waals surface area contributed by atoms with E-state index in [4.69, 9.17) is 0 Å². The van der Waals surface area contributed by atoms with Crippen LogP contribution in [0.15, 0.2) is 24.3 Å². The van der Waals surface area contributed by atoms with Crippen molar-refractivity contribution in [2.75, 3.05) is 11.9 Å². The summed E-state index contributed by atoms with van der Waals surface area (Å²) in [5, 5.41) is 6.26. The topological polar surface area (TPSA) is 41.1 Å². The maximum atomic E-state index is 11.9. The minimum atomic E-state index is 0.106. The Bertz CT molecular complexity index is 421. The summed E-state index contributed by atoms with van der Waals surface area (Å²) in [6.07, 6.45) is 2.60. The summed E-state index contributed by atoms with van der Waals surface area (Å²) in [5.41, 5.74) is 2.38. The third kappa shape index (κ3) is 7.29. The molecule has 0 aliphatic carbocycles.